The highest BCUT2D eigenvalue weighted by Crippen LogP contribution is 2.38. The van der Waals surface area contributed by atoms with Crippen LogP contribution in [0.4, 0.5) is 0 Å². The Morgan fingerprint density at radius 2 is 2.10 bits per heavy atom. The van der Waals surface area contributed by atoms with Crippen molar-refractivity contribution >= 4 is 17.3 Å². The second-order valence-electron chi connectivity index (χ2n) is 5.27. The first-order valence-corrected chi connectivity index (χ1v) is 7.09. The molecule has 0 spiro atoms. The van der Waals surface area contributed by atoms with Gasteiger partial charge in [-0.15, -0.1) is 0 Å². The van der Waals surface area contributed by atoms with Gasteiger partial charge in [0.15, 0.2) is 5.11 Å². The maximum absolute atomic E-state index is 5.42. The first kappa shape index (κ1) is 13.1. The van der Waals surface area contributed by atoms with Crippen molar-refractivity contribution in [2.45, 2.75) is 25.9 Å². The van der Waals surface area contributed by atoms with E-state index in [0.29, 0.717) is 0 Å². The van der Waals surface area contributed by atoms with Crippen molar-refractivity contribution in [1.82, 2.24) is 20.2 Å². The Labute approximate surface area is 124 Å². The molecule has 1 aliphatic rings. The van der Waals surface area contributed by atoms with Crippen LogP contribution in [-0.4, -0.2) is 27.0 Å². The van der Waals surface area contributed by atoms with Gasteiger partial charge in [0.25, 0.3) is 0 Å². The molecule has 2 aromatic rings. The van der Waals surface area contributed by atoms with Gasteiger partial charge in [-0.25, -0.2) is 0 Å². The van der Waals surface area contributed by atoms with E-state index in [1.54, 1.807) is 0 Å². The van der Waals surface area contributed by atoms with E-state index < -0.39 is 0 Å². The van der Waals surface area contributed by atoms with Gasteiger partial charge in [0.05, 0.1) is 17.8 Å². The number of aromatic amines is 1. The van der Waals surface area contributed by atoms with Crippen LogP contribution in [0, 0.1) is 13.8 Å². The highest BCUT2D eigenvalue weighted by atomic mass is 32.1. The van der Waals surface area contributed by atoms with Gasteiger partial charge < -0.3 is 15.2 Å². The fourth-order valence-corrected chi connectivity index (χ4v) is 3.14. The molecule has 2 aromatic heterocycles. The second kappa shape index (κ2) is 4.90. The number of hydrogen-bond donors (Lipinski definition) is 2. The number of H-pyrrole nitrogens is 1. The first-order chi connectivity index (χ1) is 9.58. The van der Waals surface area contributed by atoms with Gasteiger partial charge in [0.2, 0.25) is 0 Å². The van der Waals surface area contributed by atoms with Gasteiger partial charge >= 0.3 is 0 Å². The summed E-state index contributed by atoms with van der Waals surface area (Å²) in [4.78, 5) is 9.97. The fraction of sp³-hybridized carbons (Fsp3) is 0.333. The number of hydrogen-bond acceptors (Lipinski definition) is 2. The zero-order chi connectivity index (χ0) is 14.3. The summed E-state index contributed by atoms with van der Waals surface area (Å²) in [6.07, 6.45) is 1.82. The minimum absolute atomic E-state index is 0.0857. The maximum Gasteiger partial charge on any atom is 0.169 e. The van der Waals surface area contributed by atoms with Crippen molar-refractivity contribution in [3.05, 3.63) is 53.1 Å². The van der Waals surface area contributed by atoms with Crippen molar-refractivity contribution in [1.29, 1.82) is 0 Å². The van der Waals surface area contributed by atoms with E-state index >= 15 is 0 Å². The first-order valence-electron chi connectivity index (χ1n) is 6.68. The second-order valence-corrected chi connectivity index (χ2v) is 5.66. The van der Waals surface area contributed by atoms with Gasteiger partial charge in [0.1, 0.15) is 0 Å². The molecule has 104 valence electrons. The van der Waals surface area contributed by atoms with Crippen LogP contribution in [0.5, 0.6) is 0 Å². The molecular weight excluding hydrogens is 268 g/mol. The summed E-state index contributed by atoms with van der Waals surface area (Å²) >= 11 is 5.42. The average Bonchev–Trinajstić information content (AvgIpc) is 2.91. The molecule has 4 nitrogen and oxygen atoms in total. The van der Waals surface area contributed by atoms with Crippen LogP contribution in [0.1, 0.15) is 34.7 Å². The third-order valence-corrected chi connectivity index (χ3v) is 4.25. The van der Waals surface area contributed by atoms with Gasteiger partial charge in [-0.2, -0.15) is 0 Å². The van der Waals surface area contributed by atoms with E-state index in [2.05, 4.69) is 40.1 Å². The van der Waals surface area contributed by atoms with Crippen molar-refractivity contribution in [2.75, 3.05) is 7.05 Å². The molecule has 0 aliphatic carbocycles. The number of rotatable bonds is 2. The number of nitrogens with zero attached hydrogens (tertiary/aromatic N) is 2. The molecule has 3 rings (SSSR count). The Hall–Kier alpha value is -1.88. The van der Waals surface area contributed by atoms with Gasteiger partial charge in [-0.05, 0) is 49.8 Å². The number of aryl methyl sites for hydroxylation is 2. The summed E-state index contributed by atoms with van der Waals surface area (Å²) in [6.45, 7) is 4.18. The summed E-state index contributed by atoms with van der Waals surface area (Å²) in [5.74, 6) is 0. The Bertz CT molecular complexity index is 635. The number of aromatic nitrogens is 2. The molecule has 0 unspecified atom stereocenters. The summed E-state index contributed by atoms with van der Waals surface area (Å²) in [5, 5.41) is 4.15. The summed E-state index contributed by atoms with van der Waals surface area (Å²) in [7, 11) is 2.03. The lowest BCUT2D eigenvalue weighted by Gasteiger charge is -2.24. The predicted molar refractivity (Wildman–Crippen MR) is 83.5 cm³/mol. The number of likely N-dealkylation sites (N-methyl/N-ethyl adjacent to an activating group) is 1. The minimum atomic E-state index is 0.0857. The normalized spacial score (nSPS) is 22.1. The predicted octanol–water partition coefficient (Wildman–Crippen LogP) is 2.63. The molecule has 1 aliphatic heterocycles. The van der Waals surface area contributed by atoms with Crippen molar-refractivity contribution in [2.24, 2.45) is 0 Å². The van der Waals surface area contributed by atoms with Crippen LogP contribution in [-0.2, 0) is 0 Å². The number of thiocarbonyl (C=S) groups is 1. The summed E-state index contributed by atoms with van der Waals surface area (Å²) in [5.41, 5.74) is 4.64. The van der Waals surface area contributed by atoms with Crippen LogP contribution < -0.4 is 5.32 Å². The number of nitrogens with one attached hydrogen (secondary N) is 2. The smallest absolute Gasteiger partial charge is 0.169 e. The van der Waals surface area contributed by atoms with E-state index in [-0.39, 0.29) is 12.1 Å². The van der Waals surface area contributed by atoms with E-state index in [1.807, 2.05) is 31.4 Å². The lowest BCUT2D eigenvalue weighted by atomic mass is 9.97. The largest absolute Gasteiger partial charge is 0.362 e. The summed E-state index contributed by atoms with van der Waals surface area (Å²) in [6, 6.07) is 8.44. The Balaban J connectivity index is 2.05. The standard InChI is InChI=1S/C15H18N4S/c1-9-8-11(10(2)17-9)14-13(18-15(20)19(14)3)12-6-4-5-7-16-12/h4-8,13-14,17H,1-3H3,(H,18,20)/t13-,14-/m1/s1. The van der Waals surface area contributed by atoms with Crippen molar-refractivity contribution in [3.8, 4) is 0 Å². The zero-order valence-corrected chi connectivity index (χ0v) is 12.7. The van der Waals surface area contributed by atoms with Gasteiger partial charge in [0, 0.05) is 24.6 Å². The van der Waals surface area contributed by atoms with Crippen LogP contribution >= 0.6 is 12.2 Å². The highest BCUT2D eigenvalue weighted by molar-refractivity contribution is 7.80. The highest BCUT2D eigenvalue weighted by Gasteiger charge is 2.38. The lowest BCUT2D eigenvalue weighted by molar-refractivity contribution is 0.367. The van der Waals surface area contributed by atoms with Crippen LogP contribution in [0.15, 0.2) is 30.5 Å². The average molecular weight is 286 g/mol. The van der Waals surface area contributed by atoms with Crippen LogP contribution in [0.3, 0.4) is 0 Å². The monoisotopic (exact) mass is 286 g/mol. The van der Waals surface area contributed by atoms with Gasteiger partial charge in [-0.3, -0.25) is 4.98 Å². The molecule has 20 heavy (non-hydrogen) atoms. The van der Waals surface area contributed by atoms with Crippen LogP contribution in [0.25, 0.3) is 0 Å². The quantitative estimate of drug-likeness (QED) is 0.833. The Morgan fingerprint density at radius 1 is 1.30 bits per heavy atom. The molecule has 2 N–H and O–H groups in total. The summed E-state index contributed by atoms with van der Waals surface area (Å²) < 4.78 is 0. The van der Waals surface area contributed by atoms with E-state index in [1.165, 1.54) is 17.0 Å². The maximum atomic E-state index is 5.42. The van der Waals surface area contributed by atoms with E-state index in [9.17, 15) is 0 Å². The molecule has 0 radical (unpaired) electrons. The number of pyridine rings is 1. The molecule has 5 heteroatoms. The molecule has 0 aromatic carbocycles. The third kappa shape index (κ3) is 2.08. The molecule has 2 atom stereocenters. The van der Waals surface area contributed by atoms with E-state index in [0.717, 1.165) is 10.8 Å². The molecule has 3 heterocycles. The fourth-order valence-electron chi connectivity index (χ4n) is 2.90. The molecule has 1 saturated heterocycles. The third-order valence-electron chi connectivity index (χ3n) is 3.85. The Morgan fingerprint density at radius 3 is 2.70 bits per heavy atom. The van der Waals surface area contributed by atoms with Crippen LogP contribution in [0.2, 0.25) is 0 Å². The topological polar surface area (TPSA) is 44.0 Å². The molecule has 0 bridgehead atoms. The van der Waals surface area contributed by atoms with Crippen molar-refractivity contribution < 1.29 is 0 Å². The zero-order valence-electron chi connectivity index (χ0n) is 11.8. The molecule has 1 fully saturated rings. The molecule has 0 saturated carbocycles. The molecule has 0 amide bonds. The SMILES string of the molecule is Cc1cc([C@@H]2[C@@H](c3ccccn3)NC(=S)N2C)c(C)[nH]1. The van der Waals surface area contributed by atoms with Crippen molar-refractivity contribution in [3.63, 3.8) is 0 Å². The Kier molecular flexibility index (Phi) is 3.22. The minimum Gasteiger partial charge on any atom is -0.362 e. The molecular formula is C15H18N4S. The van der Waals surface area contributed by atoms with Gasteiger partial charge in [-0.1, -0.05) is 6.07 Å². The lowest BCUT2D eigenvalue weighted by Crippen LogP contribution is -2.25. The van der Waals surface area contributed by atoms with E-state index in [4.69, 9.17) is 12.2 Å².